The van der Waals surface area contributed by atoms with Crippen molar-refractivity contribution in [1.82, 2.24) is 0 Å². The van der Waals surface area contributed by atoms with Crippen molar-refractivity contribution in [2.75, 3.05) is 7.11 Å². The van der Waals surface area contributed by atoms with E-state index in [0.717, 1.165) is 0 Å². The number of benzene rings is 2. The molecular weight excluding hydrogens is 272 g/mol. The lowest BCUT2D eigenvalue weighted by molar-refractivity contribution is -0.131. The minimum absolute atomic E-state index is 0.170. The van der Waals surface area contributed by atoms with Crippen LogP contribution >= 0.6 is 0 Å². The van der Waals surface area contributed by atoms with Gasteiger partial charge in [-0.05, 0) is 36.4 Å². The number of rotatable bonds is 4. The summed E-state index contributed by atoms with van der Waals surface area (Å²) in [7, 11) is 1.55. The number of para-hydroxylation sites is 1. The van der Waals surface area contributed by atoms with Crippen molar-refractivity contribution in [3.63, 3.8) is 0 Å². The largest absolute Gasteiger partial charge is 0.497 e. The zero-order chi connectivity index (χ0) is 15.2. The predicted octanol–water partition coefficient (Wildman–Crippen LogP) is 2.84. The fourth-order valence-corrected chi connectivity index (χ4v) is 1.68. The molecule has 0 amide bonds. The quantitative estimate of drug-likeness (QED) is 0.639. The average molecular weight is 286 g/mol. The minimum Gasteiger partial charge on any atom is -0.497 e. The Bertz CT molecular complexity index is 646. The van der Waals surface area contributed by atoms with Gasteiger partial charge in [0.2, 0.25) is 0 Å². The van der Waals surface area contributed by atoms with Crippen LogP contribution in [0.15, 0.2) is 48.5 Å². The fraction of sp³-hybridized carbons (Fsp3) is 0.125. The van der Waals surface area contributed by atoms with E-state index in [1.807, 2.05) is 0 Å². The van der Waals surface area contributed by atoms with Crippen LogP contribution in [0.2, 0.25) is 0 Å². The van der Waals surface area contributed by atoms with E-state index in [1.165, 1.54) is 19.1 Å². The Morgan fingerprint density at radius 1 is 0.857 bits per heavy atom. The van der Waals surface area contributed by atoms with Crippen molar-refractivity contribution in [2.45, 2.75) is 6.92 Å². The Kier molecular flexibility index (Phi) is 4.56. The number of hydrogen-bond donors (Lipinski definition) is 0. The molecule has 2 aromatic carbocycles. The molecule has 0 fully saturated rings. The monoisotopic (exact) mass is 286 g/mol. The second kappa shape index (κ2) is 6.56. The first-order valence-corrected chi connectivity index (χ1v) is 6.24. The first kappa shape index (κ1) is 14.6. The van der Waals surface area contributed by atoms with Crippen molar-refractivity contribution >= 4 is 11.9 Å². The average Bonchev–Trinajstić information content (AvgIpc) is 2.48. The van der Waals surface area contributed by atoms with Gasteiger partial charge in [0.25, 0.3) is 0 Å². The van der Waals surface area contributed by atoms with E-state index >= 15 is 0 Å². The van der Waals surface area contributed by atoms with Crippen LogP contribution in [0, 0.1) is 0 Å². The van der Waals surface area contributed by atoms with E-state index in [2.05, 4.69) is 0 Å². The molecule has 0 aliphatic carbocycles. The predicted molar refractivity (Wildman–Crippen MR) is 75.7 cm³/mol. The van der Waals surface area contributed by atoms with Crippen LogP contribution in [-0.4, -0.2) is 19.0 Å². The maximum atomic E-state index is 12.1. The lowest BCUT2D eigenvalue weighted by atomic mass is 10.2. The van der Waals surface area contributed by atoms with Gasteiger partial charge in [0.15, 0.2) is 0 Å². The van der Waals surface area contributed by atoms with Gasteiger partial charge in [-0.25, -0.2) is 4.79 Å². The van der Waals surface area contributed by atoms with Gasteiger partial charge < -0.3 is 14.2 Å². The molecule has 0 bridgehead atoms. The highest BCUT2D eigenvalue weighted by Crippen LogP contribution is 2.22. The molecule has 2 aromatic rings. The molecule has 0 atom stereocenters. The van der Waals surface area contributed by atoms with Gasteiger partial charge in [-0.2, -0.15) is 0 Å². The maximum Gasteiger partial charge on any atom is 0.347 e. The van der Waals surface area contributed by atoms with Gasteiger partial charge in [-0.1, -0.05) is 12.1 Å². The Morgan fingerprint density at radius 2 is 1.48 bits per heavy atom. The molecule has 0 saturated heterocycles. The molecule has 0 unspecified atom stereocenters. The molecule has 108 valence electrons. The summed E-state index contributed by atoms with van der Waals surface area (Å²) in [6, 6.07) is 13.0. The molecule has 0 saturated carbocycles. The highest BCUT2D eigenvalue weighted by Gasteiger charge is 2.15. The van der Waals surface area contributed by atoms with Gasteiger partial charge in [-0.15, -0.1) is 0 Å². The molecule has 0 aliphatic heterocycles. The summed E-state index contributed by atoms with van der Waals surface area (Å²) in [4.78, 5) is 23.2. The lowest BCUT2D eigenvalue weighted by Crippen LogP contribution is -2.12. The smallest absolute Gasteiger partial charge is 0.347 e. The van der Waals surface area contributed by atoms with E-state index in [-0.39, 0.29) is 11.3 Å². The van der Waals surface area contributed by atoms with Crippen molar-refractivity contribution in [3.8, 4) is 17.2 Å². The zero-order valence-electron chi connectivity index (χ0n) is 11.7. The van der Waals surface area contributed by atoms with Crippen LogP contribution in [0.4, 0.5) is 0 Å². The second-order valence-electron chi connectivity index (χ2n) is 4.15. The van der Waals surface area contributed by atoms with Crippen molar-refractivity contribution in [2.24, 2.45) is 0 Å². The summed E-state index contributed by atoms with van der Waals surface area (Å²) in [6.07, 6.45) is 0. The summed E-state index contributed by atoms with van der Waals surface area (Å²) in [5.74, 6) is 0.105. The van der Waals surface area contributed by atoms with Crippen LogP contribution in [0.1, 0.15) is 17.3 Å². The van der Waals surface area contributed by atoms with Crippen LogP contribution in [-0.2, 0) is 4.79 Å². The van der Waals surface area contributed by atoms with Gasteiger partial charge in [0.1, 0.15) is 22.8 Å². The SMILES string of the molecule is COc1ccc(OC(=O)c2ccccc2OC(C)=O)cc1. The van der Waals surface area contributed by atoms with Crippen LogP contribution < -0.4 is 14.2 Å². The highest BCUT2D eigenvalue weighted by atomic mass is 16.5. The Labute approximate surface area is 122 Å². The van der Waals surface area contributed by atoms with Crippen molar-refractivity contribution in [1.29, 1.82) is 0 Å². The fourth-order valence-electron chi connectivity index (χ4n) is 1.68. The summed E-state index contributed by atoms with van der Waals surface area (Å²) < 4.78 is 15.2. The Morgan fingerprint density at radius 3 is 2.10 bits per heavy atom. The van der Waals surface area contributed by atoms with Gasteiger partial charge in [0, 0.05) is 6.92 Å². The molecule has 5 nitrogen and oxygen atoms in total. The highest BCUT2D eigenvalue weighted by molar-refractivity contribution is 5.94. The van der Waals surface area contributed by atoms with E-state index < -0.39 is 11.9 Å². The van der Waals surface area contributed by atoms with Crippen molar-refractivity contribution < 1.29 is 23.8 Å². The third kappa shape index (κ3) is 3.82. The molecule has 0 N–H and O–H groups in total. The molecular formula is C16H14O5. The first-order valence-electron chi connectivity index (χ1n) is 6.24. The minimum atomic E-state index is -0.600. The molecule has 2 rings (SSSR count). The lowest BCUT2D eigenvalue weighted by Gasteiger charge is -2.09. The number of hydrogen-bond acceptors (Lipinski definition) is 5. The molecule has 0 aliphatic rings. The number of carbonyl (C=O) groups is 2. The van der Waals surface area contributed by atoms with E-state index in [4.69, 9.17) is 14.2 Å². The third-order valence-electron chi connectivity index (χ3n) is 2.63. The number of methoxy groups -OCH3 is 1. The normalized spacial score (nSPS) is 9.81. The molecule has 0 spiro atoms. The second-order valence-corrected chi connectivity index (χ2v) is 4.15. The third-order valence-corrected chi connectivity index (χ3v) is 2.63. The molecule has 21 heavy (non-hydrogen) atoms. The first-order chi connectivity index (χ1) is 10.1. The maximum absolute atomic E-state index is 12.1. The molecule has 0 aromatic heterocycles. The standard InChI is InChI=1S/C16H14O5/c1-11(17)20-15-6-4-3-5-14(15)16(18)21-13-9-7-12(19-2)8-10-13/h3-10H,1-2H3. The molecule has 0 heterocycles. The van der Waals surface area contributed by atoms with E-state index in [1.54, 1.807) is 43.5 Å². The summed E-state index contributed by atoms with van der Waals surface area (Å²) >= 11 is 0. The van der Waals surface area contributed by atoms with Gasteiger partial charge >= 0.3 is 11.9 Å². The zero-order valence-corrected chi connectivity index (χ0v) is 11.7. The van der Waals surface area contributed by atoms with Crippen molar-refractivity contribution in [3.05, 3.63) is 54.1 Å². The topological polar surface area (TPSA) is 61.8 Å². The van der Waals surface area contributed by atoms with Gasteiger partial charge in [0.05, 0.1) is 7.11 Å². The summed E-state index contributed by atoms with van der Waals surface area (Å²) in [5, 5.41) is 0. The summed E-state index contributed by atoms with van der Waals surface area (Å²) in [6.45, 7) is 1.27. The summed E-state index contributed by atoms with van der Waals surface area (Å²) in [5.41, 5.74) is 0.184. The number of carbonyl (C=O) groups excluding carboxylic acids is 2. The van der Waals surface area contributed by atoms with Crippen LogP contribution in [0.25, 0.3) is 0 Å². The Balaban J connectivity index is 2.17. The molecule has 5 heteroatoms. The van der Waals surface area contributed by atoms with Crippen LogP contribution in [0.5, 0.6) is 17.2 Å². The van der Waals surface area contributed by atoms with E-state index in [9.17, 15) is 9.59 Å². The number of esters is 2. The molecule has 0 radical (unpaired) electrons. The Hall–Kier alpha value is -2.82. The van der Waals surface area contributed by atoms with E-state index in [0.29, 0.717) is 11.5 Å². The number of ether oxygens (including phenoxy) is 3. The van der Waals surface area contributed by atoms with Gasteiger partial charge in [-0.3, -0.25) is 4.79 Å². The van der Waals surface area contributed by atoms with Crippen LogP contribution in [0.3, 0.4) is 0 Å².